The van der Waals surface area contributed by atoms with Gasteiger partial charge in [-0.15, -0.1) is 0 Å². The van der Waals surface area contributed by atoms with Crippen LogP contribution in [0.25, 0.3) is 0 Å². The Bertz CT molecular complexity index is 1210. The number of methoxy groups -OCH3 is 1. The van der Waals surface area contributed by atoms with Gasteiger partial charge in [0.1, 0.15) is 28.0 Å². The summed E-state index contributed by atoms with van der Waals surface area (Å²) in [5.74, 6) is -0.753. The van der Waals surface area contributed by atoms with Crippen LogP contribution in [0.5, 0.6) is 17.2 Å². The third-order valence-electron chi connectivity index (χ3n) is 5.16. The van der Waals surface area contributed by atoms with Gasteiger partial charge in [0, 0.05) is 36.0 Å². The van der Waals surface area contributed by atoms with E-state index in [-0.39, 0.29) is 41.0 Å². The first kappa shape index (κ1) is 26.6. The van der Waals surface area contributed by atoms with Crippen molar-refractivity contribution in [2.24, 2.45) is 0 Å². The molecule has 3 rings (SSSR count). The molecule has 1 unspecified atom stereocenters. The van der Waals surface area contributed by atoms with Crippen molar-refractivity contribution in [1.82, 2.24) is 14.8 Å². The Labute approximate surface area is 207 Å². The lowest BCUT2D eigenvalue weighted by Crippen LogP contribution is -2.32. The average molecular weight is 528 g/mol. The van der Waals surface area contributed by atoms with Gasteiger partial charge in [-0.25, -0.2) is 17.5 Å². The van der Waals surface area contributed by atoms with E-state index in [4.69, 9.17) is 14.2 Å². The summed E-state index contributed by atoms with van der Waals surface area (Å²) in [6.45, 7) is 2.36. The van der Waals surface area contributed by atoms with Crippen molar-refractivity contribution in [3.05, 3.63) is 47.3 Å². The minimum atomic E-state index is -4.27. The van der Waals surface area contributed by atoms with Crippen LogP contribution in [-0.2, 0) is 10.0 Å². The van der Waals surface area contributed by atoms with Crippen molar-refractivity contribution in [2.75, 3.05) is 33.9 Å². The number of fused-ring (bicyclic) bond motifs is 1. The summed E-state index contributed by atoms with van der Waals surface area (Å²) in [4.78, 5) is 24.4. The molecule has 0 fully saturated rings. The summed E-state index contributed by atoms with van der Waals surface area (Å²) in [5.41, 5.74) is 0.569. The summed E-state index contributed by atoms with van der Waals surface area (Å²) in [6, 6.07) is 6.49. The predicted molar refractivity (Wildman–Crippen MR) is 128 cm³/mol. The van der Waals surface area contributed by atoms with Gasteiger partial charge in [0.25, 0.3) is 15.9 Å². The van der Waals surface area contributed by atoms with E-state index < -0.39 is 27.0 Å². The molecule has 2 aromatic rings. The van der Waals surface area contributed by atoms with E-state index in [1.54, 1.807) is 6.92 Å². The Morgan fingerprint density at radius 3 is 2.69 bits per heavy atom. The topological polar surface area (TPSA) is 132 Å². The van der Waals surface area contributed by atoms with Crippen LogP contribution in [0.1, 0.15) is 35.2 Å². The van der Waals surface area contributed by atoms with Crippen LogP contribution in [0.2, 0.25) is 0 Å². The molecule has 3 N–H and O–H groups in total. The quantitative estimate of drug-likeness (QED) is 0.421. The second kappa shape index (κ2) is 11.6. The molecular formula is C22H26FN3O7S2. The smallest absolute Gasteiger partial charge is 0.307 e. The van der Waals surface area contributed by atoms with Gasteiger partial charge in [0.05, 0.1) is 25.9 Å². The number of rotatable bonds is 9. The van der Waals surface area contributed by atoms with Crippen molar-refractivity contribution >= 4 is 33.1 Å². The number of benzene rings is 2. The van der Waals surface area contributed by atoms with Gasteiger partial charge in [0.15, 0.2) is 0 Å². The molecule has 1 aliphatic heterocycles. The number of carbonyl (C=O) groups excluding carboxylic acids is 2. The van der Waals surface area contributed by atoms with Crippen LogP contribution in [0, 0.1) is 5.82 Å². The lowest BCUT2D eigenvalue weighted by Gasteiger charge is -2.27. The number of nitrogens with one attached hydrogen (secondary N) is 3. The fourth-order valence-electron chi connectivity index (χ4n) is 3.61. The molecule has 0 radical (unpaired) electrons. The highest BCUT2D eigenvalue weighted by atomic mass is 32.2. The molecule has 0 bridgehead atoms. The molecule has 10 nitrogen and oxygen atoms in total. The molecule has 0 saturated heterocycles. The molecule has 2 aromatic carbocycles. The Hall–Kier alpha value is -3.03. The molecule has 1 heterocycles. The summed E-state index contributed by atoms with van der Waals surface area (Å²) < 4.78 is 60.4. The normalized spacial score (nSPS) is 14.9. The highest BCUT2D eigenvalue weighted by Gasteiger charge is 2.30. The largest absolute Gasteiger partial charge is 0.496 e. The highest BCUT2D eigenvalue weighted by Crippen LogP contribution is 2.40. The van der Waals surface area contributed by atoms with Crippen molar-refractivity contribution in [3.63, 3.8) is 0 Å². The number of halogens is 1. The lowest BCUT2D eigenvalue weighted by atomic mass is 9.92. The SMILES string of the molecule is CCOc1cc2c(cc1S(=O)(=O)NC(=O)SNC)C(CNC(=O)c1cc(F)ccc1OC)CCO2. The van der Waals surface area contributed by atoms with Crippen molar-refractivity contribution < 1.29 is 36.6 Å². The molecule has 1 aliphatic rings. The van der Waals surface area contributed by atoms with Gasteiger partial charge >= 0.3 is 5.24 Å². The standard InChI is InChI=1S/C22H26FN3O7S2/c1-4-32-19-11-18-15(10-20(19)35(29,30)26-22(28)34-24-2)13(7-8-33-18)12-25-21(27)16-9-14(23)5-6-17(16)31-3/h5-6,9-11,13,24H,4,7-8,12H2,1-3H3,(H,25,27)(H,26,28). The first-order valence-corrected chi connectivity index (χ1v) is 13.0. The van der Waals surface area contributed by atoms with E-state index in [2.05, 4.69) is 10.0 Å². The van der Waals surface area contributed by atoms with Crippen LogP contribution < -0.4 is 29.0 Å². The number of sulfonamides is 1. The molecule has 0 spiro atoms. The fraction of sp³-hybridized carbons (Fsp3) is 0.364. The number of amides is 2. The summed E-state index contributed by atoms with van der Waals surface area (Å²) in [7, 11) is -1.40. The zero-order chi connectivity index (χ0) is 25.6. The van der Waals surface area contributed by atoms with Gasteiger partial charge in [-0.2, -0.15) is 0 Å². The minimum absolute atomic E-state index is 0.0372. The van der Waals surface area contributed by atoms with Gasteiger partial charge in [-0.1, -0.05) is 0 Å². The molecule has 190 valence electrons. The lowest BCUT2D eigenvalue weighted by molar-refractivity contribution is 0.0944. The van der Waals surface area contributed by atoms with Crippen molar-refractivity contribution in [3.8, 4) is 17.2 Å². The van der Waals surface area contributed by atoms with E-state index in [1.165, 1.54) is 38.4 Å². The van der Waals surface area contributed by atoms with Crippen LogP contribution in [-0.4, -0.2) is 53.5 Å². The Kier molecular flexibility index (Phi) is 8.81. The Morgan fingerprint density at radius 2 is 2.00 bits per heavy atom. The number of carbonyl (C=O) groups is 2. The summed E-state index contributed by atoms with van der Waals surface area (Å²) in [6.07, 6.45) is 0.489. The van der Waals surface area contributed by atoms with E-state index in [0.29, 0.717) is 36.3 Å². The van der Waals surface area contributed by atoms with Crippen molar-refractivity contribution in [1.29, 1.82) is 0 Å². The van der Waals surface area contributed by atoms with E-state index in [9.17, 15) is 22.4 Å². The fourth-order valence-corrected chi connectivity index (χ4v) is 5.28. The Balaban J connectivity index is 1.90. The zero-order valence-corrected chi connectivity index (χ0v) is 21.0. The van der Waals surface area contributed by atoms with E-state index in [1.807, 2.05) is 4.72 Å². The molecular weight excluding hydrogens is 501 g/mol. The number of hydrogen-bond acceptors (Lipinski definition) is 9. The zero-order valence-electron chi connectivity index (χ0n) is 19.3. The molecule has 35 heavy (non-hydrogen) atoms. The van der Waals surface area contributed by atoms with Crippen LogP contribution in [0.3, 0.4) is 0 Å². The van der Waals surface area contributed by atoms with Gasteiger partial charge in [-0.05, 0) is 44.7 Å². The maximum Gasteiger partial charge on any atom is 0.307 e. The number of hydrogen-bond donors (Lipinski definition) is 3. The van der Waals surface area contributed by atoms with Crippen LogP contribution in [0.15, 0.2) is 35.2 Å². The molecule has 0 aliphatic carbocycles. The molecule has 0 aromatic heterocycles. The second-order valence-electron chi connectivity index (χ2n) is 7.36. The minimum Gasteiger partial charge on any atom is -0.496 e. The van der Waals surface area contributed by atoms with Gasteiger partial charge in [-0.3, -0.25) is 14.3 Å². The summed E-state index contributed by atoms with van der Waals surface area (Å²) in [5, 5.41) is 1.95. The third kappa shape index (κ3) is 6.35. The van der Waals surface area contributed by atoms with Gasteiger partial charge in [0.2, 0.25) is 0 Å². The third-order valence-corrected chi connectivity index (χ3v) is 7.13. The van der Waals surface area contributed by atoms with Crippen LogP contribution >= 0.6 is 11.9 Å². The maximum absolute atomic E-state index is 13.7. The highest BCUT2D eigenvalue weighted by molar-refractivity contribution is 8.13. The first-order chi connectivity index (χ1) is 16.7. The monoisotopic (exact) mass is 527 g/mol. The first-order valence-electron chi connectivity index (χ1n) is 10.7. The van der Waals surface area contributed by atoms with Crippen molar-refractivity contribution in [2.45, 2.75) is 24.2 Å². The van der Waals surface area contributed by atoms with E-state index in [0.717, 1.165) is 6.07 Å². The molecule has 2 amide bonds. The maximum atomic E-state index is 13.7. The van der Waals surface area contributed by atoms with E-state index >= 15 is 0 Å². The molecule has 13 heteroatoms. The van der Waals surface area contributed by atoms with Crippen LogP contribution in [0.4, 0.5) is 9.18 Å². The Morgan fingerprint density at radius 1 is 1.23 bits per heavy atom. The predicted octanol–water partition coefficient (Wildman–Crippen LogP) is 2.80. The van der Waals surface area contributed by atoms with Gasteiger partial charge < -0.3 is 19.5 Å². The summed E-state index contributed by atoms with van der Waals surface area (Å²) >= 11 is 0.585. The number of ether oxygens (including phenoxy) is 3. The molecule has 0 saturated carbocycles. The average Bonchev–Trinajstić information content (AvgIpc) is 2.81. The molecule has 1 atom stereocenters. The second-order valence-corrected chi connectivity index (χ2v) is 9.99.